The maximum atomic E-state index is 11.3. The molecule has 1 aromatic carbocycles. The predicted octanol–water partition coefficient (Wildman–Crippen LogP) is 1.87. The highest BCUT2D eigenvalue weighted by molar-refractivity contribution is 5.59. The van der Waals surface area contributed by atoms with Gasteiger partial charge in [0.2, 0.25) is 0 Å². The summed E-state index contributed by atoms with van der Waals surface area (Å²) in [6, 6.07) is 12.9. The van der Waals surface area contributed by atoms with Crippen LogP contribution in [0.25, 0.3) is 12.3 Å². The number of hydrogen-bond acceptors (Lipinski definition) is 2. The molecule has 2 rings (SSSR count). The molecule has 3 nitrogen and oxygen atoms in total. The molecule has 0 spiro atoms. The molecule has 0 amide bonds. The van der Waals surface area contributed by atoms with E-state index in [2.05, 4.69) is 5.10 Å². The molecule has 0 atom stereocenters. The predicted molar refractivity (Wildman–Crippen MR) is 60.2 cm³/mol. The summed E-state index contributed by atoms with van der Waals surface area (Å²) in [6.45, 7) is 0. The van der Waals surface area contributed by atoms with E-state index >= 15 is 0 Å². The van der Waals surface area contributed by atoms with E-state index in [1.54, 1.807) is 18.5 Å². The molecule has 0 saturated heterocycles. The summed E-state index contributed by atoms with van der Waals surface area (Å²) in [5.41, 5.74) is 0.903. The smallest absolute Gasteiger partial charge is 0.267 e. The minimum atomic E-state index is -0.135. The zero-order chi connectivity index (χ0) is 10.5. The van der Waals surface area contributed by atoms with Crippen LogP contribution in [-0.4, -0.2) is 9.78 Å². The molecule has 1 aromatic heterocycles. The second-order valence-corrected chi connectivity index (χ2v) is 3.03. The molecular weight excluding hydrogens is 188 g/mol. The van der Waals surface area contributed by atoms with Gasteiger partial charge in [-0.15, -0.1) is 0 Å². The zero-order valence-electron chi connectivity index (χ0n) is 8.08. The number of aromatic nitrogens is 2. The molecule has 74 valence electrons. The third-order valence-electron chi connectivity index (χ3n) is 1.95. The lowest BCUT2D eigenvalue weighted by Gasteiger charge is -1.94. The number of nitrogens with zero attached hydrogens (tertiary/aromatic N) is 2. The Balaban J connectivity index is 2.27. The summed E-state index contributed by atoms with van der Waals surface area (Å²) in [5.74, 6) is 0. The summed E-state index contributed by atoms with van der Waals surface area (Å²) in [7, 11) is 0. The first kappa shape index (κ1) is 9.40. The van der Waals surface area contributed by atoms with Crippen LogP contribution in [0.1, 0.15) is 5.56 Å². The van der Waals surface area contributed by atoms with Gasteiger partial charge in [-0.1, -0.05) is 30.3 Å². The summed E-state index contributed by atoms with van der Waals surface area (Å²) in [4.78, 5) is 11.3. The van der Waals surface area contributed by atoms with Gasteiger partial charge in [-0.2, -0.15) is 5.10 Å². The molecule has 0 bridgehead atoms. The van der Waals surface area contributed by atoms with Crippen LogP contribution >= 0.6 is 0 Å². The van der Waals surface area contributed by atoms with Gasteiger partial charge in [-0.25, -0.2) is 4.68 Å². The van der Waals surface area contributed by atoms with Crippen LogP contribution in [0.5, 0.6) is 0 Å². The first-order valence-electron chi connectivity index (χ1n) is 4.63. The van der Waals surface area contributed by atoms with E-state index in [4.69, 9.17) is 0 Å². The Morgan fingerprint density at radius 3 is 2.60 bits per heavy atom. The highest BCUT2D eigenvalue weighted by atomic mass is 16.1. The summed E-state index contributed by atoms with van der Waals surface area (Å²) in [6.07, 6.45) is 5.07. The largest absolute Gasteiger partial charge is 0.270 e. The average Bonchev–Trinajstić information content (AvgIpc) is 2.29. The molecule has 0 N–H and O–H groups in total. The minimum Gasteiger partial charge on any atom is -0.267 e. The van der Waals surface area contributed by atoms with Gasteiger partial charge in [0.05, 0.1) is 0 Å². The van der Waals surface area contributed by atoms with Crippen molar-refractivity contribution in [2.24, 2.45) is 0 Å². The molecule has 0 aliphatic carbocycles. The van der Waals surface area contributed by atoms with Crippen molar-refractivity contribution in [1.29, 1.82) is 0 Å². The maximum absolute atomic E-state index is 11.3. The molecular formula is C12H10N2O. The van der Waals surface area contributed by atoms with Crippen molar-refractivity contribution in [3.05, 3.63) is 64.6 Å². The fourth-order valence-corrected chi connectivity index (χ4v) is 1.20. The van der Waals surface area contributed by atoms with Gasteiger partial charge in [0.15, 0.2) is 0 Å². The fourth-order valence-electron chi connectivity index (χ4n) is 1.20. The monoisotopic (exact) mass is 198 g/mol. The molecule has 15 heavy (non-hydrogen) atoms. The Hall–Kier alpha value is -2.16. The Morgan fingerprint density at radius 1 is 1.07 bits per heavy atom. The van der Waals surface area contributed by atoms with Gasteiger partial charge in [0.25, 0.3) is 5.56 Å². The van der Waals surface area contributed by atoms with E-state index in [0.29, 0.717) is 0 Å². The van der Waals surface area contributed by atoms with Gasteiger partial charge in [-0.05, 0) is 17.7 Å². The van der Waals surface area contributed by atoms with Gasteiger partial charge in [0.1, 0.15) is 0 Å². The number of benzene rings is 1. The second kappa shape index (κ2) is 4.37. The lowest BCUT2D eigenvalue weighted by atomic mass is 10.2. The highest BCUT2D eigenvalue weighted by Gasteiger charge is 1.88. The first-order valence-corrected chi connectivity index (χ1v) is 4.63. The van der Waals surface area contributed by atoms with E-state index < -0.39 is 0 Å². The van der Waals surface area contributed by atoms with Crippen LogP contribution in [0, 0.1) is 0 Å². The van der Waals surface area contributed by atoms with Crippen molar-refractivity contribution in [3.63, 3.8) is 0 Å². The molecule has 1 heterocycles. The molecule has 0 fully saturated rings. The average molecular weight is 198 g/mol. The van der Waals surface area contributed by atoms with Gasteiger partial charge in [-0.3, -0.25) is 4.79 Å². The number of rotatable bonds is 2. The second-order valence-electron chi connectivity index (χ2n) is 3.03. The van der Waals surface area contributed by atoms with E-state index in [1.165, 1.54) is 10.7 Å². The van der Waals surface area contributed by atoms with Gasteiger partial charge >= 0.3 is 0 Å². The van der Waals surface area contributed by atoms with Gasteiger partial charge < -0.3 is 0 Å². The van der Waals surface area contributed by atoms with Crippen molar-refractivity contribution in [3.8, 4) is 0 Å². The Bertz CT molecular complexity index is 514. The highest BCUT2D eigenvalue weighted by Crippen LogP contribution is 2.00. The van der Waals surface area contributed by atoms with Crippen molar-refractivity contribution in [1.82, 2.24) is 9.78 Å². The van der Waals surface area contributed by atoms with Crippen LogP contribution < -0.4 is 5.56 Å². The first-order chi connectivity index (χ1) is 7.36. The third kappa shape index (κ3) is 2.40. The van der Waals surface area contributed by atoms with Crippen LogP contribution in [-0.2, 0) is 0 Å². The quantitative estimate of drug-likeness (QED) is 0.738. The van der Waals surface area contributed by atoms with Gasteiger partial charge in [0, 0.05) is 18.5 Å². The Labute approximate surface area is 87.3 Å². The Kier molecular flexibility index (Phi) is 2.74. The van der Waals surface area contributed by atoms with E-state index in [9.17, 15) is 4.79 Å². The molecule has 0 radical (unpaired) electrons. The minimum absolute atomic E-state index is 0.135. The summed E-state index contributed by atoms with van der Waals surface area (Å²) >= 11 is 0. The SMILES string of the molecule is O=c1cccnn1C=Cc1ccccc1. The van der Waals surface area contributed by atoms with Crippen LogP contribution in [0.2, 0.25) is 0 Å². The molecule has 0 unspecified atom stereocenters. The van der Waals surface area contributed by atoms with Crippen molar-refractivity contribution in [2.45, 2.75) is 0 Å². The summed E-state index contributed by atoms with van der Waals surface area (Å²) in [5, 5.41) is 3.91. The van der Waals surface area contributed by atoms with Crippen LogP contribution in [0.3, 0.4) is 0 Å². The van der Waals surface area contributed by atoms with Crippen LogP contribution in [0.4, 0.5) is 0 Å². The van der Waals surface area contributed by atoms with E-state index in [1.807, 2.05) is 36.4 Å². The lowest BCUT2D eigenvalue weighted by molar-refractivity contribution is 0.854. The fraction of sp³-hybridized carbons (Fsp3) is 0. The molecule has 3 heteroatoms. The van der Waals surface area contributed by atoms with E-state index in [0.717, 1.165) is 5.56 Å². The standard InChI is InChI=1S/C12H10N2O/c15-12-7-4-9-13-14(12)10-8-11-5-2-1-3-6-11/h1-10H. The zero-order valence-corrected chi connectivity index (χ0v) is 8.08. The third-order valence-corrected chi connectivity index (χ3v) is 1.95. The molecule has 0 aliphatic rings. The molecule has 2 aromatic rings. The van der Waals surface area contributed by atoms with Crippen molar-refractivity contribution < 1.29 is 0 Å². The maximum Gasteiger partial charge on any atom is 0.270 e. The van der Waals surface area contributed by atoms with E-state index in [-0.39, 0.29) is 5.56 Å². The lowest BCUT2D eigenvalue weighted by Crippen LogP contribution is -2.15. The molecule has 0 aliphatic heterocycles. The molecule has 0 saturated carbocycles. The van der Waals surface area contributed by atoms with Crippen LogP contribution in [0.15, 0.2) is 53.5 Å². The normalized spacial score (nSPS) is 10.7. The Morgan fingerprint density at radius 2 is 1.87 bits per heavy atom. The van der Waals surface area contributed by atoms with Crippen molar-refractivity contribution >= 4 is 12.3 Å². The summed E-state index contributed by atoms with van der Waals surface area (Å²) < 4.78 is 1.30. The topological polar surface area (TPSA) is 34.9 Å². The number of hydrogen-bond donors (Lipinski definition) is 0. The van der Waals surface area contributed by atoms with Crippen molar-refractivity contribution in [2.75, 3.05) is 0 Å².